The van der Waals surface area contributed by atoms with Crippen molar-refractivity contribution in [1.29, 1.82) is 0 Å². The van der Waals surface area contributed by atoms with E-state index in [0.29, 0.717) is 12.3 Å². The van der Waals surface area contributed by atoms with E-state index < -0.39 is 0 Å². The fourth-order valence-electron chi connectivity index (χ4n) is 2.84. The summed E-state index contributed by atoms with van der Waals surface area (Å²) in [5, 5.41) is 6.51. The van der Waals surface area contributed by atoms with Crippen LogP contribution in [0.15, 0.2) is 18.2 Å². The number of hydrogen-bond acceptors (Lipinski definition) is 2. The molecule has 118 valence electrons. The Hall–Kier alpha value is -1.06. The highest BCUT2D eigenvalue weighted by molar-refractivity contribution is 5.85. The average molecular weight is 311 g/mol. The van der Waals surface area contributed by atoms with Gasteiger partial charge in [0.05, 0.1) is 0 Å². The first-order valence-corrected chi connectivity index (χ1v) is 7.62. The summed E-state index contributed by atoms with van der Waals surface area (Å²) in [6, 6.07) is 6.73. The molecule has 1 aliphatic rings. The lowest BCUT2D eigenvalue weighted by Gasteiger charge is -2.30. The van der Waals surface area contributed by atoms with Crippen LogP contribution >= 0.6 is 12.4 Å². The Balaban J connectivity index is 0.00000220. The van der Waals surface area contributed by atoms with Gasteiger partial charge in [-0.15, -0.1) is 12.4 Å². The van der Waals surface area contributed by atoms with Crippen LogP contribution in [0.2, 0.25) is 0 Å². The molecule has 0 aliphatic carbocycles. The molecule has 21 heavy (non-hydrogen) atoms. The number of piperidine rings is 1. The molecule has 0 spiro atoms. The van der Waals surface area contributed by atoms with Gasteiger partial charge in [-0.2, -0.15) is 0 Å². The van der Waals surface area contributed by atoms with Crippen LogP contribution in [0.3, 0.4) is 0 Å². The van der Waals surface area contributed by atoms with E-state index in [9.17, 15) is 4.79 Å². The lowest BCUT2D eigenvalue weighted by Crippen LogP contribution is -2.50. The second-order valence-corrected chi connectivity index (χ2v) is 6.07. The number of amides is 1. The fourth-order valence-corrected chi connectivity index (χ4v) is 2.84. The molecule has 3 nitrogen and oxygen atoms in total. The zero-order chi connectivity index (χ0) is 14.5. The first kappa shape index (κ1) is 18.0. The van der Waals surface area contributed by atoms with Crippen LogP contribution in [-0.4, -0.2) is 25.0 Å². The van der Waals surface area contributed by atoms with Crippen molar-refractivity contribution < 1.29 is 4.79 Å². The van der Waals surface area contributed by atoms with E-state index in [-0.39, 0.29) is 24.4 Å². The monoisotopic (exact) mass is 310 g/mol. The van der Waals surface area contributed by atoms with Crippen LogP contribution in [0.4, 0.5) is 0 Å². The van der Waals surface area contributed by atoms with Crippen LogP contribution < -0.4 is 10.6 Å². The quantitative estimate of drug-likeness (QED) is 0.898. The lowest BCUT2D eigenvalue weighted by atomic mass is 9.94. The SMILES string of the molecule is Cc1ccc(CCC(=O)NC2CNCCC2C)c(C)c1.Cl. The Labute approximate surface area is 134 Å². The van der Waals surface area contributed by atoms with E-state index in [0.717, 1.165) is 25.9 Å². The molecule has 2 atom stereocenters. The van der Waals surface area contributed by atoms with Crippen molar-refractivity contribution in [3.8, 4) is 0 Å². The Bertz CT molecular complexity index is 476. The molecule has 0 aromatic heterocycles. The predicted molar refractivity (Wildman–Crippen MR) is 90.1 cm³/mol. The van der Waals surface area contributed by atoms with Crippen molar-refractivity contribution in [1.82, 2.24) is 10.6 Å². The van der Waals surface area contributed by atoms with Crippen molar-refractivity contribution in [2.45, 2.75) is 46.1 Å². The van der Waals surface area contributed by atoms with Crippen LogP contribution in [0, 0.1) is 19.8 Å². The van der Waals surface area contributed by atoms with Crippen LogP contribution in [0.1, 0.15) is 36.5 Å². The van der Waals surface area contributed by atoms with Gasteiger partial charge in [-0.3, -0.25) is 4.79 Å². The van der Waals surface area contributed by atoms with Gasteiger partial charge >= 0.3 is 0 Å². The molecular formula is C17H27ClN2O. The lowest BCUT2D eigenvalue weighted by molar-refractivity contribution is -0.122. The number of aryl methyl sites for hydroxylation is 3. The van der Waals surface area contributed by atoms with Crippen molar-refractivity contribution in [2.24, 2.45) is 5.92 Å². The summed E-state index contributed by atoms with van der Waals surface area (Å²) in [5.41, 5.74) is 3.84. The zero-order valence-electron chi connectivity index (χ0n) is 13.2. The fraction of sp³-hybridized carbons (Fsp3) is 0.588. The molecule has 1 fully saturated rings. The summed E-state index contributed by atoms with van der Waals surface area (Å²) in [4.78, 5) is 12.1. The summed E-state index contributed by atoms with van der Waals surface area (Å²) < 4.78 is 0. The van der Waals surface area contributed by atoms with Gasteiger partial charge in [-0.1, -0.05) is 30.7 Å². The third-order valence-corrected chi connectivity index (χ3v) is 4.29. The van der Waals surface area contributed by atoms with Gasteiger partial charge in [0.15, 0.2) is 0 Å². The summed E-state index contributed by atoms with van der Waals surface area (Å²) in [5.74, 6) is 0.742. The molecule has 1 saturated heterocycles. The van der Waals surface area contributed by atoms with Crippen molar-refractivity contribution in [3.05, 3.63) is 34.9 Å². The van der Waals surface area contributed by atoms with Gasteiger partial charge < -0.3 is 10.6 Å². The predicted octanol–water partition coefficient (Wildman–Crippen LogP) is 2.77. The second-order valence-electron chi connectivity index (χ2n) is 6.07. The number of carbonyl (C=O) groups excluding carboxylic acids is 1. The van der Waals surface area contributed by atoms with Gasteiger partial charge in [-0.25, -0.2) is 0 Å². The maximum absolute atomic E-state index is 12.1. The Kier molecular flexibility index (Phi) is 7.20. The average Bonchev–Trinajstić information content (AvgIpc) is 2.40. The number of hydrogen-bond donors (Lipinski definition) is 2. The molecule has 1 aromatic rings. The first-order valence-electron chi connectivity index (χ1n) is 7.62. The molecule has 1 amide bonds. The smallest absolute Gasteiger partial charge is 0.220 e. The molecule has 1 heterocycles. The second kappa shape index (κ2) is 8.40. The standard InChI is InChI=1S/C17H26N2O.ClH/c1-12-4-5-15(14(3)10-12)6-7-17(20)19-16-11-18-9-8-13(16)2;/h4-5,10,13,16,18H,6-9,11H2,1-3H3,(H,19,20);1H. The molecule has 0 bridgehead atoms. The van der Waals surface area contributed by atoms with Crippen molar-refractivity contribution in [2.75, 3.05) is 13.1 Å². The molecule has 2 rings (SSSR count). The molecular weight excluding hydrogens is 284 g/mol. The van der Waals surface area contributed by atoms with E-state index in [2.05, 4.69) is 49.6 Å². The van der Waals surface area contributed by atoms with Crippen molar-refractivity contribution in [3.63, 3.8) is 0 Å². The van der Waals surface area contributed by atoms with E-state index in [1.165, 1.54) is 16.7 Å². The summed E-state index contributed by atoms with van der Waals surface area (Å²) in [6.45, 7) is 8.40. The van der Waals surface area contributed by atoms with Crippen LogP contribution in [0.5, 0.6) is 0 Å². The topological polar surface area (TPSA) is 41.1 Å². The molecule has 0 radical (unpaired) electrons. The Morgan fingerprint density at radius 1 is 1.38 bits per heavy atom. The molecule has 1 aromatic carbocycles. The number of nitrogens with one attached hydrogen (secondary N) is 2. The molecule has 4 heteroatoms. The van der Waals surface area contributed by atoms with E-state index in [1.54, 1.807) is 0 Å². The minimum Gasteiger partial charge on any atom is -0.352 e. The first-order chi connectivity index (χ1) is 9.56. The number of carbonyl (C=O) groups is 1. The van der Waals surface area contributed by atoms with E-state index in [1.807, 2.05) is 0 Å². The minimum absolute atomic E-state index is 0. The van der Waals surface area contributed by atoms with Crippen molar-refractivity contribution >= 4 is 18.3 Å². The maximum Gasteiger partial charge on any atom is 0.220 e. The molecule has 1 aliphatic heterocycles. The van der Waals surface area contributed by atoms with Crippen LogP contribution in [0.25, 0.3) is 0 Å². The number of rotatable bonds is 4. The van der Waals surface area contributed by atoms with Gasteiger partial charge in [0.1, 0.15) is 0 Å². The van der Waals surface area contributed by atoms with E-state index in [4.69, 9.17) is 0 Å². The molecule has 2 unspecified atom stereocenters. The highest BCUT2D eigenvalue weighted by Crippen LogP contribution is 2.14. The summed E-state index contributed by atoms with van der Waals surface area (Å²) in [6.07, 6.45) is 2.54. The molecule has 2 N–H and O–H groups in total. The van der Waals surface area contributed by atoms with Gasteiger partial charge in [0.25, 0.3) is 0 Å². The summed E-state index contributed by atoms with van der Waals surface area (Å²) in [7, 11) is 0. The third kappa shape index (κ3) is 5.33. The van der Waals surface area contributed by atoms with Gasteiger partial charge in [0.2, 0.25) is 5.91 Å². The summed E-state index contributed by atoms with van der Waals surface area (Å²) >= 11 is 0. The Morgan fingerprint density at radius 3 is 2.81 bits per heavy atom. The normalized spacial score (nSPS) is 21.5. The Morgan fingerprint density at radius 2 is 2.14 bits per heavy atom. The van der Waals surface area contributed by atoms with Crippen LogP contribution in [-0.2, 0) is 11.2 Å². The highest BCUT2D eigenvalue weighted by Gasteiger charge is 2.22. The molecule has 0 saturated carbocycles. The van der Waals surface area contributed by atoms with Gasteiger partial charge in [-0.05, 0) is 50.3 Å². The minimum atomic E-state index is 0. The largest absolute Gasteiger partial charge is 0.352 e. The maximum atomic E-state index is 12.1. The van der Waals surface area contributed by atoms with Gasteiger partial charge in [0, 0.05) is 19.0 Å². The van der Waals surface area contributed by atoms with E-state index >= 15 is 0 Å². The number of benzene rings is 1. The number of halogens is 1. The third-order valence-electron chi connectivity index (χ3n) is 4.29. The highest BCUT2D eigenvalue weighted by atomic mass is 35.5. The zero-order valence-corrected chi connectivity index (χ0v) is 14.1.